The third-order valence-corrected chi connectivity index (χ3v) is 3.92. The van der Waals surface area contributed by atoms with Gasteiger partial charge >= 0.3 is 0 Å². The maximum absolute atomic E-state index is 14.4. The molecule has 1 atom stereocenters. The molecule has 2 nitrogen and oxygen atoms in total. The van der Waals surface area contributed by atoms with Crippen LogP contribution in [-0.2, 0) is 0 Å². The Balaban J connectivity index is 2.61. The fourth-order valence-corrected chi connectivity index (χ4v) is 2.72. The quantitative estimate of drug-likeness (QED) is 0.821. The molecule has 0 bridgehead atoms. The van der Waals surface area contributed by atoms with Crippen molar-refractivity contribution in [3.63, 3.8) is 0 Å². The van der Waals surface area contributed by atoms with E-state index in [4.69, 9.17) is 0 Å². The van der Waals surface area contributed by atoms with Gasteiger partial charge in [0.25, 0.3) is 0 Å². The SMILES string of the molecule is CCNC(c1ncc(C)cc1C)c1c(F)ccc(Br)c1F. The summed E-state index contributed by atoms with van der Waals surface area (Å²) in [6.45, 7) is 6.30. The molecule has 2 aromatic rings. The van der Waals surface area contributed by atoms with E-state index in [1.54, 1.807) is 6.20 Å². The maximum atomic E-state index is 14.4. The van der Waals surface area contributed by atoms with Crippen molar-refractivity contribution in [2.24, 2.45) is 0 Å². The van der Waals surface area contributed by atoms with Crippen LogP contribution < -0.4 is 5.32 Å². The molecule has 0 saturated heterocycles. The van der Waals surface area contributed by atoms with Gasteiger partial charge in [0.15, 0.2) is 0 Å². The Kier molecular flexibility index (Phi) is 5.06. The van der Waals surface area contributed by atoms with E-state index in [0.29, 0.717) is 12.2 Å². The monoisotopic (exact) mass is 354 g/mol. The topological polar surface area (TPSA) is 24.9 Å². The highest BCUT2D eigenvalue weighted by atomic mass is 79.9. The lowest BCUT2D eigenvalue weighted by Crippen LogP contribution is -2.26. The number of aromatic nitrogens is 1. The maximum Gasteiger partial charge on any atom is 0.145 e. The molecule has 0 saturated carbocycles. The molecule has 0 aliphatic heterocycles. The van der Waals surface area contributed by atoms with Gasteiger partial charge < -0.3 is 5.32 Å². The summed E-state index contributed by atoms with van der Waals surface area (Å²) in [6, 6.07) is 3.97. The van der Waals surface area contributed by atoms with Crippen LogP contribution in [0.5, 0.6) is 0 Å². The zero-order valence-corrected chi connectivity index (χ0v) is 13.8. The van der Waals surface area contributed by atoms with E-state index in [-0.39, 0.29) is 10.0 Å². The predicted octanol–water partition coefficient (Wildman–Crippen LogP) is 4.44. The highest BCUT2D eigenvalue weighted by molar-refractivity contribution is 9.10. The van der Waals surface area contributed by atoms with E-state index in [1.165, 1.54) is 12.1 Å². The Morgan fingerprint density at radius 1 is 1.29 bits per heavy atom. The van der Waals surface area contributed by atoms with Crippen LogP contribution in [0.15, 0.2) is 28.9 Å². The van der Waals surface area contributed by atoms with E-state index in [1.807, 2.05) is 26.8 Å². The van der Waals surface area contributed by atoms with Gasteiger partial charge in [-0.2, -0.15) is 0 Å². The van der Waals surface area contributed by atoms with Gasteiger partial charge in [0, 0.05) is 11.8 Å². The van der Waals surface area contributed by atoms with E-state index in [2.05, 4.69) is 26.2 Å². The van der Waals surface area contributed by atoms with Crippen LogP contribution in [0.3, 0.4) is 0 Å². The van der Waals surface area contributed by atoms with Gasteiger partial charge in [-0.15, -0.1) is 0 Å². The first-order valence-corrected chi connectivity index (χ1v) is 7.55. The van der Waals surface area contributed by atoms with Crippen molar-refractivity contribution < 1.29 is 8.78 Å². The second-order valence-electron chi connectivity index (χ2n) is 4.96. The summed E-state index contributed by atoms with van der Waals surface area (Å²) in [7, 11) is 0. The van der Waals surface area contributed by atoms with Gasteiger partial charge in [-0.05, 0) is 59.6 Å². The zero-order valence-electron chi connectivity index (χ0n) is 12.2. The van der Waals surface area contributed by atoms with Gasteiger partial charge in [-0.3, -0.25) is 4.98 Å². The van der Waals surface area contributed by atoms with Crippen molar-refractivity contribution in [1.29, 1.82) is 0 Å². The fourth-order valence-electron chi connectivity index (χ4n) is 2.38. The van der Waals surface area contributed by atoms with Gasteiger partial charge in [0.1, 0.15) is 11.6 Å². The largest absolute Gasteiger partial charge is 0.305 e. The molecule has 0 aliphatic carbocycles. The minimum atomic E-state index is -0.618. The number of halogens is 3. The number of pyridine rings is 1. The molecule has 0 aliphatic rings. The molecule has 2 rings (SSSR count). The van der Waals surface area contributed by atoms with Crippen LogP contribution in [0, 0.1) is 25.5 Å². The second-order valence-corrected chi connectivity index (χ2v) is 5.82. The molecule has 0 spiro atoms. The van der Waals surface area contributed by atoms with Crippen molar-refractivity contribution in [2.75, 3.05) is 6.54 Å². The van der Waals surface area contributed by atoms with Gasteiger partial charge in [0.2, 0.25) is 0 Å². The second kappa shape index (κ2) is 6.62. The average molecular weight is 355 g/mol. The number of benzene rings is 1. The first-order valence-electron chi connectivity index (χ1n) is 6.75. The summed E-state index contributed by atoms with van der Waals surface area (Å²) >= 11 is 3.11. The van der Waals surface area contributed by atoms with Crippen LogP contribution in [0.4, 0.5) is 8.78 Å². The van der Waals surface area contributed by atoms with Crippen molar-refractivity contribution in [3.05, 3.63) is 62.9 Å². The van der Waals surface area contributed by atoms with Crippen LogP contribution >= 0.6 is 15.9 Å². The number of hydrogen-bond acceptors (Lipinski definition) is 2. The molecule has 112 valence electrons. The highest BCUT2D eigenvalue weighted by Gasteiger charge is 2.25. The number of nitrogens with one attached hydrogen (secondary N) is 1. The van der Waals surface area contributed by atoms with Crippen LogP contribution in [0.25, 0.3) is 0 Å². The first kappa shape index (κ1) is 16.0. The Morgan fingerprint density at radius 2 is 2.00 bits per heavy atom. The summed E-state index contributed by atoms with van der Waals surface area (Å²) in [4.78, 5) is 4.37. The molecule has 0 radical (unpaired) electrons. The predicted molar refractivity (Wildman–Crippen MR) is 83.3 cm³/mol. The molecule has 1 aromatic heterocycles. The molecule has 1 aromatic carbocycles. The van der Waals surface area contributed by atoms with Crippen molar-refractivity contribution >= 4 is 15.9 Å². The first-order chi connectivity index (χ1) is 9.95. The van der Waals surface area contributed by atoms with E-state index < -0.39 is 17.7 Å². The van der Waals surface area contributed by atoms with Gasteiger partial charge in [-0.1, -0.05) is 13.0 Å². The lowest BCUT2D eigenvalue weighted by atomic mass is 9.98. The summed E-state index contributed by atoms with van der Waals surface area (Å²) in [5.41, 5.74) is 2.55. The van der Waals surface area contributed by atoms with Crippen LogP contribution in [0.1, 0.15) is 35.3 Å². The molecular weight excluding hydrogens is 338 g/mol. The molecule has 1 heterocycles. The minimum Gasteiger partial charge on any atom is -0.305 e. The molecule has 0 amide bonds. The van der Waals surface area contributed by atoms with Crippen molar-refractivity contribution in [1.82, 2.24) is 10.3 Å². The molecule has 0 fully saturated rings. The minimum absolute atomic E-state index is 0.00863. The molecule has 1 N–H and O–H groups in total. The average Bonchev–Trinajstić information content (AvgIpc) is 2.43. The van der Waals surface area contributed by atoms with Gasteiger partial charge in [-0.25, -0.2) is 8.78 Å². The Bertz CT molecular complexity index is 659. The summed E-state index contributed by atoms with van der Waals surface area (Å²) in [5, 5.41) is 3.12. The summed E-state index contributed by atoms with van der Waals surface area (Å²) in [6.07, 6.45) is 1.71. The molecular formula is C16H17BrF2N2. The number of rotatable bonds is 4. The number of nitrogens with zero attached hydrogens (tertiary/aromatic N) is 1. The Hall–Kier alpha value is -1.33. The molecule has 21 heavy (non-hydrogen) atoms. The third-order valence-electron chi connectivity index (χ3n) is 3.31. The van der Waals surface area contributed by atoms with Gasteiger partial charge in [0.05, 0.1) is 16.2 Å². The Morgan fingerprint density at radius 3 is 2.62 bits per heavy atom. The summed E-state index contributed by atoms with van der Waals surface area (Å²) < 4.78 is 28.8. The lowest BCUT2D eigenvalue weighted by Gasteiger charge is -2.21. The van der Waals surface area contributed by atoms with Crippen molar-refractivity contribution in [3.8, 4) is 0 Å². The van der Waals surface area contributed by atoms with E-state index in [0.717, 1.165) is 11.1 Å². The Labute approximate surface area is 131 Å². The van der Waals surface area contributed by atoms with Crippen LogP contribution in [-0.4, -0.2) is 11.5 Å². The number of aryl methyl sites for hydroxylation is 2. The smallest absolute Gasteiger partial charge is 0.145 e. The standard InChI is InChI=1S/C16H17BrF2N2/c1-4-20-16(15-10(3)7-9(2)8-21-15)13-12(18)6-5-11(17)14(13)19/h5-8,16,20H,4H2,1-3H3. The van der Waals surface area contributed by atoms with E-state index in [9.17, 15) is 8.78 Å². The highest BCUT2D eigenvalue weighted by Crippen LogP contribution is 2.31. The van der Waals surface area contributed by atoms with Crippen LogP contribution in [0.2, 0.25) is 0 Å². The van der Waals surface area contributed by atoms with E-state index >= 15 is 0 Å². The zero-order chi connectivity index (χ0) is 15.6. The van der Waals surface area contributed by atoms with Crippen molar-refractivity contribution in [2.45, 2.75) is 26.8 Å². The molecule has 5 heteroatoms. The molecule has 1 unspecified atom stereocenters. The summed E-state index contributed by atoms with van der Waals surface area (Å²) in [5.74, 6) is -1.17. The fraction of sp³-hybridized carbons (Fsp3) is 0.312. The third kappa shape index (κ3) is 3.30. The lowest BCUT2D eigenvalue weighted by molar-refractivity contribution is 0.501. The number of hydrogen-bond donors (Lipinski definition) is 1. The normalized spacial score (nSPS) is 12.5.